The Hall–Kier alpha value is -2.82. The molecule has 3 aromatic carbocycles. The molecule has 2 amide bonds. The normalized spacial score (nSPS) is 12.7. The number of benzene rings is 3. The van der Waals surface area contributed by atoms with Gasteiger partial charge in [0.05, 0.1) is 0 Å². The lowest BCUT2D eigenvalue weighted by Crippen LogP contribution is -2.52. The minimum absolute atomic E-state index is 0.0129. The van der Waals surface area contributed by atoms with Crippen LogP contribution in [0.15, 0.2) is 72.8 Å². The molecule has 1 N–H and O–H groups in total. The van der Waals surface area contributed by atoms with Crippen LogP contribution in [0.5, 0.6) is 0 Å². The maximum Gasteiger partial charge on any atom is 0.243 e. The number of rotatable bonds is 12. The minimum Gasteiger partial charge on any atom is -0.352 e. The Bertz CT molecular complexity index is 1180. The van der Waals surface area contributed by atoms with E-state index in [0.717, 1.165) is 17.5 Å². The molecule has 0 aliphatic carbocycles. The Morgan fingerprint density at radius 1 is 0.842 bits per heavy atom. The molecule has 0 bridgehead atoms. The molecule has 0 fully saturated rings. The quantitative estimate of drug-likeness (QED) is 0.251. The second-order valence-corrected chi connectivity index (χ2v) is 11.0. The smallest absolute Gasteiger partial charge is 0.243 e. The van der Waals surface area contributed by atoms with E-state index >= 15 is 0 Å². The average Bonchev–Trinajstić information content (AvgIpc) is 2.91. The number of nitrogens with one attached hydrogen (secondary N) is 1. The van der Waals surface area contributed by atoms with E-state index in [1.807, 2.05) is 44.2 Å². The lowest BCUT2D eigenvalue weighted by Gasteiger charge is -2.33. The van der Waals surface area contributed by atoms with Crippen LogP contribution in [0.1, 0.15) is 68.7 Å². The number of aryl methyl sites for hydroxylation is 1. The summed E-state index contributed by atoms with van der Waals surface area (Å²) in [5, 5.41) is 4.04. The van der Waals surface area contributed by atoms with E-state index in [1.54, 1.807) is 23.1 Å². The number of hydrogen-bond acceptors (Lipinski definition) is 2. The number of halogens is 2. The average molecular weight is 554 g/mol. The number of amides is 2. The summed E-state index contributed by atoms with van der Waals surface area (Å²) in [5.74, 6) is 0.152. The third kappa shape index (κ3) is 8.34. The molecule has 0 unspecified atom stereocenters. The Morgan fingerprint density at radius 2 is 1.47 bits per heavy atom. The summed E-state index contributed by atoms with van der Waals surface area (Å²) in [4.78, 5) is 29.2. The van der Waals surface area contributed by atoms with Gasteiger partial charge in [-0.1, -0.05) is 105 Å². The van der Waals surface area contributed by atoms with Gasteiger partial charge in [-0.3, -0.25) is 9.59 Å². The van der Waals surface area contributed by atoms with Crippen LogP contribution in [-0.2, 0) is 29.0 Å². The molecule has 0 aliphatic rings. The van der Waals surface area contributed by atoms with Crippen molar-refractivity contribution in [1.82, 2.24) is 10.2 Å². The standard InChI is InChI=1S/C32H38Cl2N2O2/c1-5-23(4)35-32(38)30(20-25-10-7-6-8-11-25)36(21-27-28(33)12-9-13-29(27)34)31(37)19-16-24-14-17-26(18-15-24)22(2)3/h6-15,17-18,22-23,30H,5,16,19-21H2,1-4H3,(H,35,38)/t23-,30+/m0/s1. The zero-order valence-corrected chi connectivity index (χ0v) is 24.2. The Morgan fingerprint density at radius 3 is 2.05 bits per heavy atom. The van der Waals surface area contributed by atoms with Crippen molar-refractivity contribution in [2.75, 3.05) is 0 Å². The van der Waals surface area contributed by atoms with Crippen LogP contribution in [0.25, 0.3) is 0 Å². The van der Waals surface area contributed by atoms with Crippen molar-refractivity contribution < 1.29 is 9.59 Å². The van der Waals surface area contributed by atoms with Crippen molar-refractivity contribution in [2.45, 2.75) is 77.9 Å². The van der Waals surface area contributed by atoms with Crippen LogP contribution in [-0.4, -0.2) is 28.8 Å². The zero-order valence-electron chi connectivity index (χ0n) is 22.7. The van der Waals surface area contributed by atoms with Gasteiger partial charge < -0.3 is 10.2 Å². The van der Waals surface area contributed by atoms with Gasteiger partial charge in [-0.25, -0.2) is 0 Å². The molecule has 3 rings (SSSR count). The third-order valence-electron chi connectivity index (χ3n) is 6.94. The second-order valence-electron chi connectivity index (χ2n) is 10.1. The highest BCUT2D eigenvalue weighted by Crippen LogP contribution is 2.28. The summed E-state index contributed by atoms with van der Waals surface area (Å²) < 4.78 is 0. The van der Waals surface area contributed by atoms with Gasteiger partial charge in [0, 0.05) is 41.0 Å². The first kappa shape index (κ1) is 29.7. The third-order valence-corrected chi connectivity index (χ3v) is 7.64. The fraction of sp³-hybridized carbons (Fsp3) is 0.375. The molecule has 0 saturated heterocycles. The number of carbonyl (C=O) groups excluding carboxylic acids is 2. The lowest BCUT2D eigenvalue weighted by atomic mass is 9.99. The molecule has 0 aromatic heterocycles. The molecular weight excluding hydrogens is 515 g/mol. The Kier molecular flexibility index (Phi) is 11.2. The lowest BCUT2D eigenvalue weighted by molar-refractivity contribution is -0.141. The number of hydrogen-bond donors (Lipinski definition) is 1. The highest BCUT2D eigenvalue weighted by atomic mass is 35.5. The molecule has 3 aromatic rings. The van der Waals surface area contributed by atoms with E-state index in [-0.39, 0.29) is 30.8 Å². The van der Waals surface area contributed by atoms with E-state index in [4.69, 9.17) is 23.2 Å². The highest BCUT2D eigenvalue weighted by Gasteiger charge is 2.31. The molecule has 6 heteroatoms. The molecule has 4 nitrogen and oxygen atoms in total. The SMILES string of the molecule is CC[C@H](C)NC(=O)[C@@H](Cc1ccccc1)N(Cc1c(Cl)cccc1Cl)C(=O)CCc1ccc(C(C)C)cc1. The topological polar surface area (TPSA) is 49.4 Å². The molecule has 202 valence electrons. The zero-order chi connectivity index (χ0) is 27.7. The summed E-state index contributed by atoms with van der Waals surface area (Å²) >= 11 is 13.0. The molecule has 0 heterocycles. The van der Waals surface area contributed by atoms with E-state index < -0.39 is 6.04 Å². The molecule has 0 aliphatic heterocycles. The largest absolute Gasteiger partial charge is 0.352 e. The van der Waals surface area contributed by atoms with Gasteiger partial charge in [0.25, 0.3) is 0 Å². The van der Waals surface area contributed by atoms with Gasteiger partial charge in [-0.2, -0.15) is 0 Å². The first-order valence-electron chi connectivity index (χ1n) is 13.3. The summed E-state index contributed by atoms with van der Waals surface area (Å²) in [6.45, 7) is 8.46. The van der Waals surface area contributed by atoms with E-state index in [9.17, 15) is 9.59 Å². The summed E-state index contributed by atoms with van der Waals surface area (Å²) in [7, 11) is 0. The van der Waals surface area contributed by atoms with Gasteiger partial charge in [-0.15, -0.1) is 0 Å². The molecule has 0 spiro atoms. The van der Waals surface area contributed by atoms with Crippen LogP contribution < -0.4 is 5.32 Å². The summed E-state index contributed by atoms with van der Waals surface area (Å²) in [6.07, 6.45) is 2.03. The van der Waals surface area contributed by atoms with E-state index in [2.05, 4.69) is 43.4 Å². The van der Waals surface area contributed by atoms with Gasteiger partial charge in [-0.05, 0) is 54.5 Å². The van der Waals surface area contributed by atoms with Gasteiger partial charge in [0.2, 0.25) is 11.8 Å². The van der Waals surface area contributed by atoms with Crippen LogP contribution in [0.2, 0.25) is 10.0 Å². The van der Waals surface area contributed by atoms with Crippen molar-refractivity contribution in [2.24, 2.45) is 0 Å². The number of nitrogens with zero attached hydrogens (tertiary/aromatic N) is 1. The Labute approximate surface area is 237 Å². The Balaban J connectivity index is 1.93. The van der Waals surface area contributed by atoms with Crippen molar-refractivity contribution in [3.63, 3.8) is 0 Å². The predicted octanol–water partition coefficient (Wildman–Crippen LogP) is 7.60. The first-order chi connectivity index (χ1) is 18.2. The summed E-state index contributed by atoms with van der Waals surface area (Å²) in [6, 6.07) is 22.7. The minimum atomic E-state index is -0.713. The monoisotopic (exact) mass is 552 g/mol. The maximum absolute atomic E-state index is 13.9. The highest BCUT2D eigenvalue weighted by molar-refractivity contribution is 6.36. The van der Waals surface area contributed by atoms with Gasteiger partial charge >= 0.3 is 0 Å². The van der Waals surface area contributed by atoms with E-state index in [1.165, 1.54) is 5.56 Å². The van der Waals surface area contributed by atoms with Crippen LogP contribution in [0.3, 0.4) is 0 Å². The maximum atomic E-state index is 13.9. The molecule has 38 heavy (non-hydrogen) atoms. The molecule has 0 saturated carbocycles. The fourth-order valence-electron chi connectivity index (χ4n) is 4.31. The second kappa shape index (κ2) is 14.4. The van der Waals surface area contributed by atoms with Crippen molar-refractivity contribution in [3.05, 3.63) is 105 Å². The van der Waals surface area contributed by atoms with Gasteiger partial charge in [0.15, 0.2) is 0 Å². The van der Waals surface area contributed by atoms with Crippen LogP contribution in [0.4, 0.5) is 0 Å². The molecular formula is C32H38Cl2N2O2. The van der Waals surface area contributed by atoms with Crippen molar-refractivity contribution in [3.8, 4) is 0 Å². The first-order valence-corrected chi connectivity index (χ1v) is 14.1. The summed E-state index contributed by atoms with van der Waals surface area (Å²) in [5.41, 5.74) is 3.96. The predicted molar refractivity (Wildman–Crippen MR) is 158 cm³/mol. The van der Waals surface area contributed by atoms with Crippen molar-refractivity contribution >= 4 is 35.0 Å². The molecule has 0 radical (unpaired) electrons. The van der Waals surface area contributed by atoms with Crippen LogP contribution in [0, 0.1) is 0 Å². The van der Waals surface area contributed by atoms with Crippen molar-refractivity contribution in [1.29, 1.82) is 0 Å². The van der Waals surface area contributed by atoms with E-state index in [0.29, 0.717) is 34.4 Å². The number of carbonyl (C=O) groups is 2. The van der Waals surface area contributed by atoms with Crippen LogP contribution >= 0.6 is 23.2 Å². The van der Waals surface area contributed by atoms with Gasteiger partial charge in [0.1, 0.15) is 6.04 Å². The molecule has 2 atom stereocenters. The fourth-order valence-corrected chi connectivity index (χ4v) is 4.83.